The largest absolute Gasteiger partial charge is 1.00 e. The quantitative estimate of drug-likeness (QED) is 0.216. The first-order valence-electron chi connectivity index (χ1n) is 13.4. The molecule has 10 nitrogen and oxygen atoms in total. The third kappa shape index (κ3) is 9.88. The summed E-state index contributed by atoms with van der Waals surface area (Å²) in [6, 6.07) is 9.22. The molecule has 0 radical (unpaired) electrons. The highest BCUT2D eigenvalue weighted by atomic mass is 35.5. The van der Waals surface area contributed by atoms with Crippen molar-refractivity contribution >= 4 is 53.5 Å². The molecule has 0 aliphatic rings. The van der Waals surface area contributed by atoms with Crippen LogP contribution in [0, 0.1) is 0 Å². The number of nitrogens with one attached hydrogen (secondary N) is 1. The number of benzene rings is 2. The van der Waals surface area contributed by atoms with E-state index < -0.39 is 40.4 Å². The van der Waals surface area contributed by atoms with Crippen LogP contribution in [0.25, 0.3) is 0 Å². The second-order valence-corrected chi connectivity index (χ2v) is 12.4. The van der Waals surface area contributed by atoms with Gasteiger partial charge in [0.1, 0.15) is 18.8 Å². The molecule has 1 amide bonds. The maximum Gasteiger partial charge on any atom is 0.416 e. The molecule has 1 heterocycles. The highest BCUT2D eigenvalue weighted by Crippen LogP contribution is 2.43. The molecule has 0 spiro atoms. The Bertz CT molecular complexity index is 1460. The van der Waals surface area contributed by atoms with Gasteiger partial charge >= 0.3 is 18.2 Å². The van der Waals surface area contributed by atoms with Crippen molar-refractivity contribution in [1.29, 1.82) is 0 Å². The molecule has 3 aromatic rings. The second-order valence-electron chi connectivity index (χ2n) is 10.5. The number of hydrogen-bond acceptors (Lipinski definition) is 8. The van der Waals surface area contributed by atoms with E-state index in [2.05, 4.69) is 10.4 Å². The fraction of sp³-hybridized carbons (Fsp3) is 0.448. The monoisotopic (exact) mass is 729 g/mol. The number of aliphatic hydroxyl groups is 1. The Labute approximate surface area is 287 Å². The molecular weight excluding hydrogens is 694 g/mol. The summed E-state index contributed by atoms with van der Waals surface area (Å²) in [7, 11) is 3.11. The Balaban J connectivity index is 0.00000529. The number of thioether (sulfide) groups is 1. The van der Waals surface area contributed by atoms with Crippen molar-refractivity contribution in [2.24, 2.45) is 0 Å². The molecule has 2 N–H and O–H groups in total. The number of amides is 1. The molecular formula is C29H37Cl3F3N5O5S. The van der Waals surface area contributed by atoms with Crippen LogP contribution in [0.5, 0.6) is 0 Å². The Morgan fingerprint density at radius 2 is 1.78 bits per heavy atom. The number of aromatic nitrogens is 3. The minimum Gasteiger partial charge on any atom is -1.00 e. The van der Waals surface area contributed by atoms with Crippen molar-refractivity contribution in [2.45, 2.75) is 56.7 Å². The Morgan fingerprint density at radius 3 is 2.35 bits per heavy atom. The van der Waals surface area contributed by atoms with E-state index in [0.717, 1.165) is 12.1 Å². The average Bonchev–Trinajstić information content (AvgIpc) is 3.44. The van der Waals surface area contributed by atoms with E-state index in [-0.39, 0.29) is 44.5 Å². The maximum absolute atomic E-state index is 13.2. The number of esters is 1. The number of halogens is 6. The Kier molecular flexibility index (Phi) is 15.2. The van der Waals surface area contributed by atoms with E-state index in [1.54, 1.807) is 52.3 Å². The highest BCUT2D eigenvalue weighted by molar-refractivity contribution is 8.00. The van der Waals surface area contributed by atoms with Gasteiger partial charge in [-0.1, -0.05) is 29.8 Å². The molecule has 0 aliphatic carbocycles. The summed E-state index contributed by atoms with van der Waals surface area (Å²) in [5.74, 6) is -0.466. The number of anilines is 1. The number of ether oxygens (including phenoxy) is 2. The molecule has 17 heteroatoms. The molecule has 0 aliphatic heterocycles. The molecule has 2 atom stereocenters. The molecule has 0 fully saturated rings. The first-order valence-corrected chi connectivity index (χ1v) is 15.0. The lowest BCUT2D eigenvalue weighted by Gasteiger charge is -2.40. The van der Waals surface area contributed by atoms with E-state index in [1.165, 1.54) is 57.7 Å². The minimum atomic E-state index is -4.51. The van der Waals surface area contributed by atoms with Gasteiger partial charge < -0.3 is 32.3 Å². The van der Waals surface area contributed by atoms with Gasteiger partial charge in [-0.3, -0.25) is 9.69 Å². The lowest BCUT2D eigenvalue weighted by molar-refractivity contribution is -0.753. The van der Waals surface area contributed by atoms with Gasteiger partial charge in [-0.05, 0) is 57.0 Å². The van der Waals surface area contributed by atoms with Gasteiger partial charge in [0.2, 0.25) is 12.6 Å². The van der Waals surface area contributed by atoms with E-state index in [0.29, 0.717) is 21.8 Å². The van der Waals surface area contributed by atoms with Gasteiger partial charge in [-0.2, -0.15) is 29.5 Å². The van der Waals surface area contributed by atoms with Gasteiger partial charge in [0.15, 0.2) is 0 Å². The summed E-state index contributed by atoms with van der Waals surface area (Å²) in [4.78, 5) is 26.1. The number of rotatable bonds is 12. The van der Waals surface area contributed by atoms with Crippen LogP contribution in [0.15, 0.2) is 55.1 Å². The van der Waals surface area contributed by atoms with Crippen molar-refractivity contribution in [2.75, 3.05) is 31.8 Å². The van der Waals surface area contributed by atoms with Crippen LogP contribution in [-0.4, -0.2) is 58.6 Å². The maximum atomic E-state index is 13.2. The van der Waals surface area contributed by atoms with Crippen molar-refractivity contribution in [1.82, 2.24) is 15.1 Å². The second kappa shape index (κ2) is 16.9. The number of nitrogens with zero attached hydrogens (tertiary/aromatic N) is 4. The van der Waals surface area contributed by atoms with E-state index in [9.17, 15) is 27.9 Å². The molecule has 2 unspecified atom stereocenters. The van der Waals surface area contributed by atoms with Crippen LogP contribution < -0.4 is 27.2 Å². The summed E-state index contributed by atoms with van der Waals surface area (Å²) in [5, 5.41) is 19.3. The molecule has 46 heavy (non-hydrogen) atoms. The normalized spacial score (nSPS) is 13.5. The van der Waals surface area contributed by atoms with Crippen LogP contribution in [0.1, 0.15) is 43.7 Å². The topological polar surface area (TPSA) is 110 Å². The van der Waals surface area contributed by atoms with Gasteiger partial charge in [0, 0.05) is 34.4 Å². The van der Waals surface area contributed by atoms with Gasteiger partial charge in [-0.15, -0.1) is 17.1 Å². The van der Waals surface area contributed by atoms with Crippen LogP contribution in [0.2, 0.25) is 5.02 Å². The zero-order valence-corrected chi connectivity index (χ0v) is 29.1. The summed E-state index contributed by atoms with van der Waals surface area (Å²) >= 11 is 7.52. The number of carbonyl (C=O) groups is 2. The standard InChI is InChI=1S/C29H36ClF3N5O5S.2ClH/c1-19(43-26(40)36(5)24-13-23(30)12-7-20(24)15-42-25(39)14-34-4)37-17-35-38(18-37)16-28(41,27(2,3)44-6)21-8-10-22(11-9-21)29(31,32)33;;/h7-13,17-19,34,41H,14-16H2,1-6H3;2*1H/q+1;;/p-1. The molecule has 3 rings (SSSR count). The number of alkyl halides is 3. The predicted molar refractivity (Wildman–Crippen MR) is 167 cm³/mol. The van der Waals surface area contributed by atoms with Crippen molar-refractivity contribution in [3.63, 3.8) is 0 Å². The highest BCUT2D eigenvalue weighted by Gasteiger charge is 2.47. The molecule has 0 saturated carbocycles. The summed E-state index contributed by atoms with van der Waals surface area (Å²) in [6.07, 6.45) is -1.35. The van der Waals surface area contributed by atoms with Crippen LogP contribution in [0.3, 0.4) is 0 Å². The van der Waals surface area contributed by atoms with Crippen LogP contribution >= 0.6 is 35.8 Å². The molecule has 1 aromatic heterocycles. The average molecular weight is 731 g/mol. The van der Waals surface area contributed by atoms with Crippen LogP contribution in [0.4, 0.5) is 23.7 Å². The summed E-state index contributed by atoms with van der Waals surface area (Å²) < 4.78 is 52.5. The lowest BCUT2D eigenvalue weighted by Crippen LogP contribution is -3.00. The van der Waals surface area contributed by atoms with Crippen molar-refractivity contribution < 1.29 is 54.3 Å². The Morgan fingerprint density at radius 1 is 1.17 bits per heavy atom. The first kappa shape index (κ1) is 41.3. The fourth-order valence-electron chi connectivity index (χ4n) is 4.29. The summed E-state index contributed by atoms with van der Waals surface area (Å²) in [5.41, 5.74) is -1.23. The van der Waals surface area contributed by atoms with Crippen molar-refractivity contribution in [3.05, 3.63) is 76.8 Å². The molecule has 2 aromatic carbocycles. The third-order valence-electron chi connectivity index (χ3n) is 7.27. The Hall–Kier alpha value is -2.75. The van der Waals surface area contributed by atoms with E-state index in [4.69, 9.17) is 21.1 Å². The van der Waals surface area contributed by atoms with Gasteiger partial charge in [0.05, 0.1) is 17.8 Å². The molecule has 0 saturated heterocycles. The minimum absolute atomic E-state index is 0. The van der Waals surface area contributed by atoms with Crippen molar-refractivity contribution in [3.8, 4) is 0 Å². The predicted octanol–water partition coefficient (Wildman–Crippen LogP) is 2.35. The number of likely N-dealkylation sites (N-methyl/N-ethyl adjacent to an activating group) is 1. The third-order valence-corrected chi connectivity index (χ3v) is 8.86. The van der Waals surface area contributed by atoms with E-state index >= 15 is 0 Å². The van der Waals surface area contributed by atoms with Gasteiger partial charge in [0.25, 0.3) is 6.33 Å². The van der Waals surface area contributed by atoms with Gasteiger partial charge in [-0.25, -0.2) is 4.79 Å². The fourth-order valence-corrected chi connectivity index (χ4v) is 4.97. The number of hydrogen-bond donors (Lipinski definition) is 2. The zero-order chi connectivity index (χ0) is 32.9. The molecule has 256 valence electrons. The number of carbonyl (C=O) groups excluding carboxylic acids is 2. The molecule has 0 bridgehead atoms. The lowest BCUT2D eigenvalue weighted by atomic mass is 9.82. The van der Waals surface area contributed by atoms with E-state index in [1.807, 2.05) is 0 Å². The van der Waals surface area contributed by atoms with Crippen LogP contribution in [-0.2, 0) is 39.2 Å². The summed E-state index contributed by atoms with van der Waals surface area (Å²) in [6.45, 7) is 5.04. The zero-order valence-electron chi connectivity index (χ0n) is 26.0. The first-order chi connectivity index (χ1) is 20.5. The SMILES string of the molecule is CNCC(=O)OCc1ccc(Cl)cc1N(C)C(=O)OC(C)[n+]1cnn(CC(O)(c2ccc(C(F)(F)F)cc2)C(C)(C)SC)c1.Cl.[Cl-]. The smallest absolute Gasteiger partial charge is 0.416 e.